The van der Waals surface area contributed by atoms with Gasteiger partial charge in [-0.15, -0.1) is 0 Å². The summed E-state index contributed by atoms with van der Waals surface area (Å²) in [6.45, 7) is 1.62. The molecule has 148 valence electrons. The van der Waals surface area contributed by atoms with Crippen LogP contribution in [0, 0.1) is 5.82 Å². The SMILES string of the molecule is Cn1c(=O)c2c(nc(NC[C@@H]3CCCO3)n2Cc2ccc(F)cc2)n(C)c1=O. The van der Waals surface area contributed by atoms with E-state index in [0.29, 0.717) is 30.2 Å². The quantitative estimate of drug-likeness (QED) is 0.712. The van der Waals surface area contributed by atoms with Crippen LogP contribution >= 0.6 is 0 Å². The molecule has 0 radical (unpaired) electrons. The molecular formula is C19H22FN5O3. The van der Waals surface area contributed by atoms with Crippen LogP contribution < -0.4 is 16.6 Å². The molecule has 4 rings (SSSR count). The summed E-state index contributed by atoms with van der Waals surface area (Å²) in [5.74, 6) is 0.155. The Morgan fingerprint density at radius 2 is 1.96 bits per heavy atom. The minimum atomic E-state index is -0.436. The van der Waals surface area contributed by atoms with Gasteiger partial charge >= 0.3 is 5.69 Å². The number of nitrogens with one attached hydrogen (secondary N) is 1. The third kappa shape index (κ3) is 3.22. The van der Waals surface area contributed by atoms with Crippen molar-refractivity contribution in [3.05, 3.63) is 56.5 Å². The molecule has 28 heavy (non-hydrogen) atoms. The van der Waals surface area contributed by atoms with Crippen LogP contribution in [0.4, 0.5) is 10.3 Å². The minimum Gasteiger partial charge on any atom is -0.376 e. The van der Waals surface area contributed by atoms with E-state index < -0.39 is 11.2 Å². The second-order valence-electron chi connectivity index (χ2n) is 7.04. The zero-order valence-electron chi connectivity index (χ0n) is 15.8. The average molecular weight is 387 g/mol. The maximum absolute atomic E-state index is 13.3. The normalized spacial score (nSPS) is 16.8. The molecule has 1 N–H and O–H groups in total. The molecule has 9 heteroatoms. The summed E-state index contributed by atoms with van der Waals surface area (Å²) in [7, 11) is 3.03. The van der Waals surface area contributed by atoms with Gasteiger partial charge in [0, 0.05) is 27.2 Å². The third-order valence-electron chi connectivity index (χ3n) is 5.11. The van der Waals surface area contributed by atoms with E-state index in [0.717, 1.165) is 29.6 Å². The number of ether oxygens (including phenoxy) is 1. The molecule has 0 saturated carbocycles. The predicted molar refractivity (Wildman–Crippen MR) is 103 cm³/mol. The fourth-order valence-corrected chi connectivity index (χ4v) is 3.52. The van der Waals surface area contributed by atoms with Gasteiger partial charge in [-0.1, -0.05) is 12.1 Å². The smallest absolute Gasteiger partial charge is 0.332 e. The largest absolute Gasteiger partial charge is 0.376 e. The highest BCUT2D eigenvalue weighted by atomic mass is 19.1. The Morgan fingerprint density at radius 3 is 2.64 bits per heavy atom. The number of anilines is 1. The van der Waals surface area contributed by atoms with Crippen LogP contribution in [0.15, 0.2) is 33.9 Å². The topological polar surface area (TPSA) is 83.1 Å². The average Bonchev–Trinajstić information content (AvgIpc) is 3.33. The van der Waals surface area contributed by atoms with E-state index in [1.165, 1.54) is 23.7 Å². The first-order chi connectivity index (χ1) is 13.5. The fourth-order valence-electron chi connectivity index (χ4n) is 3.52. The number of hydrogen-bond donors (Lipinski definition) is 1. The van der Waals surface area contributed by atoms with Crippen molar-refractivity contribution in [3.63, 3.8) is 0 Å². The maximum Gasteiger partial charge on any atom is 0.332 e. The van der Waals surface area contributed by atoms with Gasteiger partial charge in [0.2, 0.25) is 5.95 Å². The first kappa shape index (κ1) is 18.4. The molecule has 2 aromatic heterocycles. The Morgan fingerprint density at radius 1 is 1.21 bits per heavy atom. The summed E-state index contributed by atoms with van der Waals surface area (Å²) < 4.78 is 23.1. The van der Waals surface area contributed by atoms with Crippen molar-refractivity contribution in [3.8, 4) is 0 Å². The van der Waals surface area contributed by atoms with Crippen molar-refractivity contribution < 1.29 is 9.13 Å². The maximum atomic E-state index is 13.3. The first-order valence-corrected chi connectivity index (χ1v) is 9.22. The van der Waals surface area contributed by atoms with Crippen molar-refractivity contribution in [1.82, 2.24) is 18.7 Å². The molecule has 3 aromatic rings. The van der Waals surface area contributed by atoms with Crippen LogP contribution in [-0.2, 0) is 25.4 Å². The number of benzene rings is 1. The van der Waals surface area contributed by atoms with Gasteiger partial charge in [-0.25, -0.2) is 9.18 Å². The molecule has 0 unspecified atom stereocenters. The Kier molecular flexibility index (Phi) is 4.76. The van der Waals surface area contributed by atoms with Gasteiger partial charge in [0.05, 0.1) is 12.6 Å². The summed E-state index contributed by atoms with van der Waals surface area (Å²) in [5, 5.41) is 3.26. The highest BCUT2D eigenvalue weighted by Gasteiger charge is 2.21. The Hall–Kier alpha value is -2.94. The van der Waals surface area contributed by atoms with Gasteiger partial charge in [-0.05, 0) is 30.5 Å². The molecule has 8 nitrogen and oxygen atoms in total. The van der Waals surface area contributed by atoms with Crippen molar-refractivity contribution in [2.75, 3.05) is 18.5 Å². The van der Waals surface area contributed by atoms with E-state index in [1.54, 1.807) is 23.7 Å². The zero-order valence-corrected chi connectivity index (χ0v) is 15.8. The second kappa shape index (κ2) is 7.23. The lowest BCUT2D eigenvalue weighted by Gasteiger charge is -2.14. The predicted octanol–water partition coefficient (Wildman–Crippen LogP) is 1.21. The third-order valence-corrected chi connectivity index (χ3v) is 5.11. The van der Waals surface area contributed by atoms with E-state index in [4.69, 9.17) is 4.74 Å². The number of halogens is 1. The molecule has 1 aliphatic heterocycles. The molecule has 1 atom stereocenters. The molecule has 0 amide bonds. The summed E-state index contributed by atoms with van der Waals surface area (Å²) in [4.78, 5) is 29.6. The van der Waals surface area contributed by atoms with Gasteiger partial charge < -0.3 is 10.1 Å². The van der Waals surface area contributed by atoms with Crippen LogP contribution in [0.1, 0.15) is 18.4 Å². The van der Waals surface area contributed by atoms with Gasteiger partial charge in [0.25, 0.3) is 5.56 Å². The summed E-state index contributed by atoms with van der Waals surface area (Å²) in [5.41, 5.74) is 0.595. The highest BCUT2D eigenvalue weighted by Crippen LogP contribution is 2.19. The number of hydrogen-bond acceptors (Lipinski definition) is 5. The highest BCUT2D eigenvalue weighted by molar-refractivity contribution is 5.74. The zero-order chi connectivity index (χ0) is 19.8. The van der Waals surface area contributed by atoms with Gasteiger partial charge in [0.15, 0.2) is 11.2 Å². The molecular weight excluding hydrogens is 365 g/mol. The molecule has 1 aliphatic rings. The monoisotopic (exact) mass is 387 g/mol. The molecule has 0 spiro atoms. The van der Waals surface area contributed by atoms with E-state index in [1.807, 2.05) is 0 Å². The lowest BCUT2D eigenvalue weighted by atomic mass is 10.2. The summed E-state index contributed by atoms with van der Waals surface area (Å²) >= 11 is 0. The van der Waals surface area contributed by atoms with Crippen LogP contribution in [-0.4, -0.2) is 37.9 Å². The Labute approximate surface area is 160 Å². The second-order valence-corrected chi connectivity index (χ2v) is 7.04. The molecule has 3 heterocycles. The molecule has 1 fully saturated rings. The van der Waals surface area contributed by atoms with Crippen molar-refractivity contribution in [2.24, 2.45) is 14.1 Å². The number of aromatic nitrogens is 4. The molecule has 0 aliphatic carbocycles. The van der Waals surface area contributed by atoms with E-state index in [-0.39, 0.29) is 11.9 Å². The van der Waals surface area contributed by atoms with Crippen LogP contribution in [0.3, 0.4) is 0 Å². The molecule has 0 bridgehead atoms. The Bertz CT molecular complexity index is 1120. The van der Waals surface area contributed by atoms with Crippen LogP contribution in [0.25, 0.3) is 11.2 Å². The van der Waals surface area contributed by atoms with Crippen LogP contribution in [0.5, 0.6) is 0 Å². The summed E-state index contributed by atoms with van der Waals surface area (Å²) in [6, 6.07) is 6.08. The fraction of sp³-hybridized carbons (Fsp3) is 0.421. The van der Waals surface area contributed by atoms with Crippen LogP contribution in [0.2, 0.25) is 0 Å². The summed E-state index contributed by atoms with van der Waals surface area (Å²) in [6.07, 6.45) is 2.07. The number of fused-ring (bicyclic) bond motifs is 1. The van der Waals surface area contributed by atoms with E-state index >= 15 is 0 Å². The number of imidazole rings is 1. The number of aryl methyl sites for hydroxylation is 1. The Balaban J connectivity index is 1.82. The lowest BCUT2D eigenvalue weighted by molar-refractivity contribution is 0.120. The minimum absolute atomic E-state index is 0.0886. The van der Waals surface area contributed by atoms with Crippen molar-refractivity contribution in [2.45, 2.75) is 25.5 Å². The number of nitrogens with zero attached hydrogens (tertiary/aromatic N) is 4. The first-order valence-electron chi connectivity index (χ1n) is 9.22. The van der Waals surface area contributed by atoms with Crippen molar-refractivity contribution in [1.29, 1.82) is 0 Å². The van der Waals surface area contributed by atoms with Gasteiger partial charge in [0.1, 0.15) is 5.82 Å². The van der Waals surface area contributed by atoms with Gasteiger partial charge in [-0.2, -0.15) is 4.98 Å². The van der Waals surface area contributed by atoms with E-state index in [2.05, 4.69) is 10.3 Å². The molecule has 1 saturated heterocycles. The van der Waals surface area contributed by atoms with E-state index in [9.17, 15) is 14.0 Å². The molecule has 1 aromatic carbocycles. The standard InChI is InChI=1S/C19H22FN5O3/c1-23-16-15(17(26)24(2)19(23)27)25(11-12-5-7-13(20)8-6-12)18(22-16)21-10-14-4-3-9-28-14/h5-8,14H,3-4,9-11H2,1-2H3,(H,21,22)/t14-/m0/s1. The van der Waals surface area contributed by atoms with Gasteiger partial charge in [-0.3, -0.25) is 18.5 Å². The lowest BCUT2D eigenvalue weighted by Crippen LogP contribution is -2.37. The van der Waals surface area contributed by atoms with Crippen molar-refractivity contribution >= 4 is 17.1 Å². The number of rotatable bonds is 5.